The molecule has 2 heterocycles. The van der Waals surface area contributed by atoms with Crippen LogP contribution in [0.15, 0.2) is 12.4 Å². The summed E-state index contributed by atoms with van der Waals surface area (Å²) in [5.74, 6) is 0.578. The van der Waals surface area contributed by atoms with Crippen LogP contribution < -0.4 is 0 Å². The molecule has 16 heavy (non-hydrogen) atoms. The van der Waals surface area contributed by atoms with Gasteiger partial charge in [0, 0.05) is 31.5 Å². The van der Waals surface area contributed by atoms with Gasteiger partial charge in [-0.2, -0.15) is 0 Å². The third-order valence-electron chi connectivity index (χ3n) is 3.56. The number of rotatable bonds is 2. The first-order valence-corrected chi connectivity index (χ1v) is 6.29. The van der Waals surface area contributed by atoms with E-state index in [1.54, 1.807) is 0 Å². The molecule has 0 saturated carbocycles. The van der Waals surface area contributed by atoms with Gasteiger partial charge < -0.3 is 0 Å². The molecule has 2 heteroatoms. The van der Waals surface area contributed by atoms with E-state index in [-0.39, 0.29) is 0 Å². The quantitative estimate of drug-likeness (QED) is 0.758. The van der Waals surface area contributed by atoms with Gasteiger partial charge in [0.1, 0.15) is 0 Å². The first-order valence-electron chi connectivity index (χ1n) is 6.29. The Morgan fingerprint density at radius 1 is 1.19 bits per heavy atom. The van der Waals surface area contributed by atoms with Crippen molar-refractivity contribution >= 4 is 0 Å². The van der Waals surface area contributed by atoms with E-state index in [0.29, 0.717) is 12.0 Å². The predicted octanol–water partition coefficient (Wildman–Crippen LogP) is 2.97. The Labute approximate surface area is 98.7 Å². The largest absolute Gasteiger partial charge is 0.296 e. The molecule has 0 atom stereocenters. The Bertz CT molecular complexity index is 369. The van der Waals surface area contributed by atoms with Gasteiger partial charge in [-0.15, -0.1) is 0 Å². The first kappa shape index (κ1) is 11.6. The molecule has 1 aliphatic rings. The molecular weight excluding hydrogens is 196 g/mol. The van der Waals surface area contributed by atoms with Crippen LogP contribution in [-0.4, -0.2) is 22.5 Å². The normalized spacial score (nSPS) is 16.9. The maximum Gasteiger partial charge on any atom is 0.0305 e. The topological polar surface area (TPSA) is 16.1 Å². The number of nitrogens with zero attached hydrogens (tertiary/aromatic N) is 2. The molecule has 0 spiro atoms. The summed E-state index contributed by atoms with van der Waals surface area (Å²) in [5.41, 5.74) is 4.43. The van der Waals surface area contributed by atoms with Crippen molar-refractivity contribution in [2.45, 2.75) is 52.6 Å². The molecule has 2 rings (SSSR count). The molecule has 0 radical (unpaired) electrons. The summed E-state index contributed by atoms with van der Waals surface area (Å²) in [6, 6.07) is 0.640. The van der Waals surface area contributed by atoms with Crippen LogP contribution >= 0.6 is 0 Å². The summed E-state index contributed by atoms with van der Waals surface area (Å²) >= 11 is 0. The van der Waals surface area contributed by atoms with Crippen molar-refractivity contribution < 1.29 is 0 Å². The van der Waals surface area contributed by atoms with Crippen LogP contribution in [0.25, 0.3) is 0 Å². The third kappa shape index (κ3) is 2.12. The molecule has 2 nitrogen and oxygen atoms in total. The highest BCUT2D eigenvalue weighted by atomic mass is 15.1. The fourth-order valence-electron chi connectivity index (χ4n) is 2.44. The first-order chi connectivity index (χ1) is 7.59. The standard InChI is InChI=1S/C14H22N2/c1-10(2)13-8-15-7-12-5-6-16(11(3)4)9-14(12)13/h7-8,10-11H,5-6,9H2,1-4H3. The van der Waals surface area contributed by atoms with Crippen molar-refractivity contribution in [1.82, 2.24) is 9.88 Å². The molecule has 88 valence electrons. The summed E-state index contributed by atoms with van der Waals surface area (Å²) in [6.07, 6.45) is 5.26. The number of fused-ring (bicyclic) bond motifs is 1. The SMILES string of the molecule is CC(C)c1cncc2c1CN(C(C)C)CC2. The van der Waals surface area contributed by atoms with Crippen molar-refractivity contribution in [3.63, 3.8) is 0 Å². The third-order valence-corrected chi connectivity index (χ3v) is 3.56. The molecule has 0 saturated heterocycles. The Hall–Kier alpha value is -0.890. The van der Waals surface area contributed by atoms with E-state index >= 15 is 0 Å². The minimum atomic E-state index is 0.578. The number of hydrogen-bond acceptors (Lipinski definition) is 2. The lowest BCUT2D eigenvalue weighted by atomic mass is 9.91. The van der Waals surface area contributed by atoms with Gasteiger partial charge in [0.15, 0.2) is 0 Å². The van der Waals surface area contributed by atoms with Crippen LogP contribution in [0.1, 0.15) is 50.3 Å². The van der Waals surface area contributed by atoms with Gasteiger partial charge in [0.2, 0.25) is 0 Å². The van der Waals surface area contributed by atoms with E-state index in [4.69, 9.17) is 0 Å². The Morgan fingerprint density at radius 3 is 2.56 bits per heavy atom. The van der Waals surface area contributed by atoms with E-state index in [1.165, 1.54) is 23.2 Å². The fraction of sp³-hybridized carbons (Fsp3) is 0.643. The molecule has 0 aliphatic carbocycles. The van der Waals surface area contributed by atoms with Crippen LogP contribution in [0.4, 0.5) is 0 Å². The summed E-state index contributed by atoms with van der Waals surface area (Å²) in [7, 11) is 0. The molecular formula is C14H22N2. The van der Waals surface area contributed by atoms with E-state index in [1.807, 2.05) is 6.20 Å². The lowest BCUT2D eigenvalue weighted by Gasteiger charge is -2.33. The summed E-state index contributed by atoms with van der Waals surface area (Å²) in [5, 5.41) is 0. The second kappa shape index (κ2) is 4.54. The number of hydrogen-bond donors (Lipinski definition) is 0. The molecule has 1 aromatic heterocycles. The van der Waals surface area contributed by atoms with E-state index in [0.717, 1.165) is 13.0 Å². The zero-order valence-corrected chi connectivity index (χ0v) is 10.8. The maximum atomic E-state index is 4.37. The highest BCUT2D eigenvalue weighted by Crippen LogP contribution is 2.27. The maximum absolute atomic E-state index is 4.37. The van der Waals surface area contributed by atoms with Crippen molar-refractivity contribution in [2.75, 3.05) is 6.54 Å². The minimum Gasteiger partial charge on any atom is -0.296 e. The van der Waals surface area contributed by atoms with Gasteiger partial charge >= 0.3 is 0 Å². The van der Waals surface area contributed by atoms with Crippen molar-refractivity contribution in [1.29, 1.82) is 0 Å². The van der Waals surface area contributed by atoms with Gasteiger partial charge in [-0.05, 0) is 42.9 Å². The predicted molar refractivity (Wildman–Crippen MR) is 67.6 cm³/mol. The summed E-state index contributed by atoms with van der Waals surface area (Å²) < 4.78 is 0. The minimum absolute atomic E-state index is 0.578. The Morgan fingerprint density at radius 2 is 1.94 bits per heavy atom. The van der Waals surface area contributed by atoms with Crippen LogP contribution in [0.5, 0.6) is 0 Å². The second-order valence-corrected chi connectivity index (χ2v) is 5.34. The molecule has 1 aliphatic heterocycles. The van der Waals surface area contributed by atoms with Crippen LogP contribution in [0.3, 0.4) is 0 Å². The van der Waals surface area contributed by atoms with Crippen LogP contribution in [0.2, 0.25) is 0 Å². The van der Waals surface area contributed by atoms with Gasteiger partial charge in [0.25, 0.3) is 0 Å². The second-order valence-electron chi connectivity index (χ2n) is 5.34. The van der Waals surface area contributed by atoms with Crippen LogP contribution in [0, 0.1) is 0 Å². The van der Waals surface area contributed by atoms with E-state index < -0.39 is 0 Å². The van der Waals surface area contributed by atoms with Crippen molar-refractivity contribution in [3.05, 3.63) is 29.1 Å². The highest BCUT2D eigenvalue weighted by molar-refractivity contribution is 5.35. The van der Waals surface area contributed by atoms with Crippen molar-refractivity contribution in [3.8, 4) is 0 Å². The zero-order chi connectivity index (χ0) is 11.7. The fourth-order valence-corrected chi connectivity index (χ4v) is 2.44. The van der Waals surface area contributed by atoms with Crippen molar-refractivity contribution in [2.24, 2.45) is 0 Å². The summed E-state index contributed by atoms with van der Waals surface area (Å²) in [4.78, 5) is 6.92. The summed E-state index contributed by atoms with van der Waals surface area (Å²) in [6.45, 7) is 11.3. The van der Waals surface area contributed by atoms with Gasteiger partial charge in [0.05, 0.1) is 0 Å². The Balaban J connectivity index is 2.34. The molecule has 0 fully saturated rings. The van der Waals surface area contributed by atoms with Gasteiger partial charge in [-0.1, -0.05) is 13.8 Å². The monoisotopic (exact) mass is 218 g/mol. The molecule has 0 amide bonds. The average Bonchev–Trinajstić information content (AvgIpc) is 2.27. The lowest BCUT2D eigenvalue weighted by molar-refractivity contribution is 0.202. The molecule has 0 unspecified atom stereocenters. The smallest absolute Gasteiger partial charge is 0.0305 e. The van der Waals surface area contributed by atoms with Crippen LogP contribution in [-0.2, 0) is 13.0 Å². The Kier molecular flexibility index (Phi) is 3.29. The highest BCUT2D eigenvalue weighted by Gasteiger charge is 2.21. The molecule has 0 bridgehead atoms. The molecule has 0 aromatic carbocycles. The van der Waals surface area contributed by atoms with E-state index in [2.05, 4.69) is 43.8 Å². The zero-order valence-electron chi connectivity index (χ0n) is 10.8. The van der Waals surface area contributed by atoms with E-state index in [9.17, 15) is 0 Å². The average molecular weight is 218 g/mol. The number of aromatic nitrogens is 1. The molecule has 1 aromatic rings. The lowest BCUT2D eigenvalue weighted by Crippen LogP contribution is -2.36. The van der Waals surface area contributed by atoms with Gasteiger partial charge in [-0.25, -0.2) is 0 Å². The van der Waals surface area contributed by atoms with Gasteiger partial charge in [-0.3, -0.25) is 9.88 Å². The molecule has 0 N–H and O–H groups in total. The number of pyridine rings is 1.